The Balaban J connectivity index is 2.44. The van der Waals surface area contributed by atoms with E-state index >= 15 is 0 Å². The largest absolute Gasteiger partial charge is 0.508 e. The highest BCUT2D eigenvalue weighted by atomic mass is 16.3. The van der Waals surface area contributed by atoms with Gasteiger partial charge in [0.05, 0.1) is 11.4 Å². The minimum atomic E-state index is -0.225. The van der Waals surface area contributed by atoms with E-state index in [9.17, 15) is 14.7 Å². The molecule has 2 aromatic rings. The van der Waals surface area contributed by atoms with Crippen molar-refractivity contribution in [2.24, 2.45) is 7.05 Å². The van der Waals surface area contributed by atoms with Crippen molar-refractivity contribution in [3.05, 3.63) is 53.3 Å². The number of aromatic nitrogens is 1. The van der Waals surface area contributed by atoms with E-state index in [0.717, 1.165) is 0 Å². The zero-order valence-corrected chi connectivity index (χ0v) is 9.25. The van der Waals surface area contributed by atoms with Crippen LogP contribution in [-0.4, -0.2) is 21.7 Å². The number of nitrogens with zero attached hydrogens (tertiary/aromatic N) is 1. The number of phenols is 1. The van der Waals surface area contributed by atoms with Gasteiger partial charge in [-0.2, -0.15) is 0 Å². The molecule has 1 heterocycles. The predicted octanol–water partition coefficient (Wildman–Crippen LogP) is 1.77. The average Bonchev–Trinajstić information content (AvgIpc) is 2.69. The van der Waals surface area contributed by atoms with Gasteiger partial charge in [-0.1, -0.05) is 12.1 Å². The van der Waals surface area contributed by atoms with Gasteiger partial charge in [0.15, 0.2) is 6.29 Å². The van der Waals surface area contributed by atoms with Gasteiger partial charge in [0, 0.05) is 12.6 Å². The highest BCUT2D eigenvalue weighted by molar-refractivity contribution is 6.08. The van der Waals surface area contributed by atoms with Crippen LogP contribution < -0.4 is 0 Å². The number of carbonyl (C=O) groups is 2. The molecule has 0 amide bonds. The molecule has 1 aromatic carbocycles. The molecule has 0 atom stereocenters. The highest BCUT2D eigenvalue weighted by Gasteiger charge is 2.14. The van der Waals surface area contributed by atoms with Crippen molar-refractivity contribution in [1.29, 1.82) is 0 Å². The number of aldehydes is 1. The maximum absolute atomic E-state index is 12.1. The maximum atomic E-state index is 12.1. The van der Waals surface area contributed by atoms with E-state index in [2.05, 4.69) is 0 Å². The van der Waals surface area contributed by atoms with Crippen molar-refractivity contribution in [3.8, 4) is 5.75 Å². The molecule has 0 saturated carbocycles. The van der Waals surface area contributed by atoms with Crippen molar-refractivity contribution in [2.75, 3.05) is 0 Å². The van der Waals surface area contributed by atoms with Crippen LogP contribution >= 0.6 is 0 Å². The Morgan fingerprint density at radius 2 is 2.06 bits per heavy atom. The smallest absolute Gasteiger partial charge is 0.209 e. The first-order chi connectivity index (χ1) is 8.13. The van der Waals surface area contributed by atoms with Gasteiger partial charge < -0.3 is 9.67 Å². The van der Waals surface area contributed by atoms with Crippen molar-refractivity contribution in [3.63, 3.8) is 0 Å². The lowest BCUT2D eigenvalue weighted by atomic mass is 10.1. The third kappa shape index (κ3) is 1.97. The summed E-state index contributed by atoms with van der Waals surface area (Å²) in [5, 5.41) is 9.31. The molecule has 0 saturated heterocycles. The van der Waals surface area contributed by atoms with Gasteiger partial charge in [-0.15, -0.1) is 0 Å². The molecule has 0 aliphatic rings. The van der Waals surface area contributed by atoms with Gasteiger partial charge >= 0.3 is 0 Å². The molecule has 4 heteroatoms. The molecule has 0 radical (unpaired) electrons. The number of ketones is 1. The Bertz CT molecular complexity index is 584. The molecule has 86 valence electrons. The fourth-order valence-electron chi connectivity index (χ4n) is 1.67. The molecule has 0 spiro atoms. The zero-order valence-electron chi connectivity index (χ0n) is 9.25. The van der Waals surface area contributed by atoms with Crippen LogP contribution in [0.15, 0.2) is 36.4 Å². The van der Waals surface area contributed by atoms with Gasteiger partial charge in [-0.05, 0) is 24.3 Å². The number of rotatable bonds is 3. The van der Waals surface area contributed by atoms with E-state index in [1.165, 1.54) is 16.7 Å². The van der Waals surface area contributed by atoms with E-state index in [1.807, 2.05) is 0 Å². The Kier molecular flexibility index (Phi) is 2.78. The molecule has 1 N–H and O–H groups in total. The lowest BCUT2D eigenvalue weighted by Gasteiger charge is -2.04. The van der Waals surface area contributed by atoms with Gasteiger partial charge in [-0.25, -0.2) is 0 Å². The molecule has 0 fully saturated rings. The second-order valence-electron chi connectivity index (χ2n) is 3.70. The van der Waals surface area contributed by atoms with Crippen LogP contribution in [-0.2, 0) is 7.05 Å². The van der Waals surface area contributed by atoms with Crippen molar-refractivity contribution in [1.82, 2.24) is 4.57 Å². The zero-order chi connectivity index (χ0) is 12.4. The van der Waals surface area contributed by atoms with Gasteiger partial charge in [0.2, 0.25) is 5.78 Å². The van der Waals surface area contributed by atoms with E-state index in [0.29, 0.717) is 23.2 Å². The quantitative estimate of drug-likeness (QED) is 0.644. The first-order valence-electron chi connectivity index (χ1n) is 5.08. The monoisotopic (exact) mass is 229 g/mol. The summed E-state index contributed by atoms with van der Waals surface area (Å²) in [7, 11) is 1.65. The number of phenolic OH excluding ortho intramolecular Hbond substituents is 1. The number of benzene rings is 1. The molecular formula is C13H11NO3. The van der Waals surface area contributed by atoms with Crippen LogP contribution in [0.2, 0.25) is 0 Å². The molecule has 17 heavy (non-hydrogen) atoms. The standard InChI is InChI=1S/C13H11NO3/c1-14-10(8-15)5-6-12(14)13(17)9-3-2-4-11(16)7-9/h2-8,16H,1H3. The van der Waals surface area contributed by atoms with Crippen LogP contribution in [0.5, 0.6) is 5.75 Å². The molecule has 4 nitrogen and oxygen atoms in total. The highest BCUT2D eigenvalue weighted by Crippen LogP contribution is 2.16. The summed E-state index contributed by atoms with van der Waals surface area (Å²) in [6.45, 7) is 0. The first kappa shape index (κ1) is 11.1. The summed E-state index contributed by atoms with van der Waals surface area (Å²) < 4.78 is 1.53. The van der Waals surface area contributed by atoms with E-state index in [-0.39, 0.29) is 11.5 Å². The van der Waals surface area contributed by atoms with Crippen LogP contribution in [0.1, 0.15) is 26.5 Å². The van der Waals surface area contributed by atoms with Crippen LogP contribution in [0.3, 0.4) is 0 Å². The third-order valence-electron chi connectivity index (χ3n) is 2.62. The minimum Gasteiger partial charge on any atom is -0.508 e. The Labute approximate surface area is 98.1 Å². The van der Waals surface area contributed by atoms with Crippen molar-refractivity contribution < 1.29 is 14.7 Å². The first-order valence-corrected chi connectivity index (χ1v) is 5.08. The summed E-state index contributed by atoms with van der Waals surface area (Å²) in [6.07, 6.45) is 0.694. The number of carbonyl (C=O) groups excluding carboxylic acids is 2. The Hall–Kier alpha value is -2.36. The lowest BCUT2D eigenvalue weighted by molar-refractivity contribution is 0.103. The van der Waals surface area contributed by atoms with Crippen molar-refractivity contribution in [2.45, 2.75) is 0 Å². The van der Waals surface area contributed by atoms with E-state index in [1.54, 1.807) is 31.3 Å². The lowest BCUT2D eigenvalue weighted by Crippen LogP contribution is -2.08. The normalized spacial score (nSPS) is 10.2. The third-order valence-corrected chi connectivity index (χ3v) is 2.62. The summed E-state index contributed by atoms with van der Waals surface area (Å²) in [4.78, 5) is 22.8. The number of hydrogen-bond donors (Lipinski definition) is 1. The molecular weight excluding hydrogens is 218 g/mol. The molecule has 0 aliphatic heterocycles. The summed E-state index contributed by atoms with van der Waals surface area (Å²) in [5.74, 6) is -0.183. The molecule has 0 bridgehead atoms. The number of hydrogen-bond acceptors (Lipinski definition) is 3. The number of aromatic hydroxyl groups is 1. The van der Waals surface area contributed by atoms with Crippen molar-refractivity contribution >= 4 is 12.1 Å². The fourth-order valence-corrected chi connectivity index (χ4v) is 1.67. The second kappa shape index (κ2) is 4.25. The second-order valence-corrected chi connectivity index (χ2v) is 3.70. The summed E-state index contributed by atoms with van der Waals surface area (Å²) >= 11 is 0. The Morgan fingerprint density at radius 1 is 1.29 bits per heavy atom. The molecule has 0 aliphatic carbocycles. The summed E-state index contributed by atoms with van der Waals surface area (Å²) in [5.41, 5.74) is 1.25. The van der Waals surface area contributed by atoms with Gasteiger partial charge in [-0.3, -0.25) is 9.59 Å². The Morgan fingerprint density at radius 3 is 2.65 bits per heavy atom. The average molecular weight is 229 g/mol. The van der Waals surface area contributed by atoms with Gasteiger partial charge in [0.25, 0.3) is 0 Å². The predicted molar refractivity (Wildman–Crippen MR) is 62.3 cm³/mol. The summed E-state index contributed by atoms with van der Waals surface area (Å²) in [6, 6.07) is 9.30. The molecule has 2 rings (SSSR count). The SMILES string of the molecule is Cn1c(C=O)ccc1C(=O)c1cccc(O)c1. The topological polar surface area (TPSA) is 59.3 Å². The minimum absolute atomic E-state index is 0.0423. The van der Waals surface area contributed by atoms with Crippen LogP contribution in [0, 0.1) is 0 Å². The van der Waals surface area contributed by atoms with Gasteiger partial charge in [0.1, 0.15) is 5.75 Å². The van der Waals surface area contributed by atoms with E-state index < -0.39 is 0 Å². The van der Waals surface area contributed by atoms with Crippen LogP contribution in [0.4, 0.5) is 0 Å². The van der Waals surface area contributed by atoms with E-state index in [4.69, 9.17) is 0 Å². The maximum Gasteiger partial charge on any atom is 0.209 e. The van der Waals surface area contributed by atoms with Crippen LogP contribution in [0.25, 0.3) is 0 Å². The molecule has 0 unspecified atom stereocenters. The molecule has 1 aromatic heterocycles. The fraction of sp³-hybridized carbons (Fsp3) is 0.0769.